The molecule has 19 heavy (non-hydrogen) atoms. The number of alkyl halides is 3. The first-order valence-corrected chi connectivity index (χ1v) is 5.62. The highest BCUT2D eigenvalue weighted by Crippen LogP contribution is 2.31. The van der Waals surface area contributed by atoms with E-state index in [9.17, 15) is 18.0 Å². The van der Waals surface area contributed by atoms with Crippen LogP contribution in [0.1, 0.15) is 18.1 Å². The third-order valence-corrected chi connectivity index (χ3v) is 2.28. The lowest BCUT2D eigenvalue weighted by Gasteiger charge is -2.11. The van der Waals surface area contributed by atoms with Crippen LogP contribution in [-0.4, -0.2) is 19.6 Å². The van der Waals surface area contributed by atoms with Gasteiger partial charge in [0, 0.05) is 13.2 Å². The highest BCUT2D eigenvalue weighted by molar-refractivity contribution is 6.16. The summed E-state index contributed by atoms with van der Waals surface area (Å²) in [5.74, 6) is -0.670. The van der Waals surface area contributed by atoms with Crippen LogP contribution in [0, 0.1) is 0 Å². The van der Waals surface area contributed by atoms with E-state index in [-0.39, 0.29) is 17.7 Å². The van der Waals surface area contributed by atoms with Crippen LogP contribution >= 0.6 is 0 Å². The second kappa shape index (κ2) is 6.26. The zero-order valence-electron chi connectivity index (χ0n) is 10.5. The maximum atomic E-state index is 12.6. The molecule has 0 aliphatic heterocycles. The third kappa shape index (κ3) is 4.01. The standard InChI is InChI=1S/C13H14F3NO2/c1-3-19-12(18)11(8-17-2)9-5-4-6-10(7-9)13(14,15)16/h4-8,17H,3H2,1-2H3/b11-8-. The maximum Gasteiger partial charge on any atom is 0.416 e. The molecule has 0 amide bonds. The molecule has 0 aromatic heterocycles. The van der Waals surface area contributed by atoms with Crippen LogP contribution in [-0.2, 0) is 15.7 Å². The zero-order chi connectivity index (χ0) is 14.5. The minimum absolute atomic E-state index is 0.0513. The lowest BCUT2D eigenvalue weighted by atomic mass is 10.0. The summed E-state index contributed by atoms with van der Waals surface area (Å²) in [6.07, 6.45) is -3.14. The quantitative estimate of drug-likeness (QED) is 0.677. The van der Waals surface area contributed by atoms with Crippen LogP contribution in [0.15, 0.2) is 30.5 Å². The molecule has 6 heteroatoms. The summed E-state index contributed by atoms with van der Waals surface area (Å²) in [6, 6.07) is 4.54. The molecule has 104 valence electrons. The van der Waals surface area contributed by atoms with E-state index in [0.29, 0.717) is 0 Å². The first-order valence-electron chi connectivity index (χ1n) is 5.62. The van der Waals surface area contributed by atoms with Gasteiger partial charge in [-0.25, -0.2) is 4.79 Å². The Morgan fingerprint density at radius 2 is 2.11 bits per heavy atom. The molecule has 0 heterocycles. The van der Waals surface area contributed by atoms with Crippen molar-refractivity contribution in [2.45, 2.75) is 13.1 Å². The number of carbonyl (C=O) groups excluding carboxylic acids is 1. The number of halogens is 3. The fraction of sp³-hybridized carbons (Fsp3) is 0.308. The average Bonchev–Trinajstić information content (AvgIpc) is 2.35. The van der Waals surface area contributed by atoms with Crippen LogP contribution in [0.4, 0.5) is 13.2 Å². The largest absolute Gasteiger partial charge is 0.462 e. The molecule has 0 atom stereocenters. The topological polar surface area (TPSA) is 38.3 Å². The molecule has 0 aliphatic carbocycles. The fourth-order valence-corrected chi connectivity index (χ4v) is 1.48. The second-order valence-electron chi connectivity index (χ2n) is 3.65. The van der Waals surface area contributed by atoms with Gasteiger partial charge in [-0.15, -0.1) is 0 Å². The Bertz CT molecular complexity index is 481. The van der Waals surface area contributed by atoms with Gasteiger partial charge in [-0.1, -0.05) is 12.1 Å². The van der Waals surface area contributed by atoms with E-state index in [4.69, 9.17) is 4.74 Å². The summed E-state index contributed by atoms with van der Waals surface area (Å²) >= 11 is 0. The summed E-state index contributed by atoms with van der Waals surface area (Å²) in [7, 11) is 1.55. The Kier molecular flexibility index (Phi) is 4.97. The minimum Gasteiger partial charge on any atom is -0.462 e. The number of esters is 1. The molecule has 1 aromatic rings. The van der Waals surface area contributed by atoms with E-state index < -0.39 is 17.7 Å². The molecule has 0 bridgehead atoms. The molecule has 1 N–H and O–H groups in total. The molecule has 0 radical (unpaired) electrons. The molecule has 0 aliphatic rings. The van der Waals surface area contributed by atoms with Crippen molar-refractivity contribution in [2.75, 3.05) is 13.7 Å². The van der Waals surface area contributed by atoms with E-state index in [0.717, 1.165) is 12.1 Å². The first-order chi connectivity index (χ1) is 8.90. The maximum absolute atomic E-state index is 12.6. The minimum atomic E-state index is -4.45. The van der Waals surface area contributed by atoms with E-state index >= 15 is 0 Å². The average molecular weight is 273 g/mol. The Hall–Kier alpha value is -1.98. The fourth-order valence-electron chi connectivity index (χ4n) is 1.48. The monoisotopic (exact) mass is 273 g/mol. The molecule has 0 fully saturated rings. The smallest absolute Gasteiger partial charge is 0.416 e. The van der Waals surface area contributed by atoms with Gasteiger partial charge in [0.05, 0.1) is 17.7 Å². The number of carbonyl (C=O) groups is 1. The summed E-state index contributed by atoms with van der Waals surface area (Å²) in [5, 5.41) is 2.62. The van der Waals surface area contributed by atoms with Crippen LogP contribution in [0.25, 0.3) is 5.57 Å². The van der Waals surface area contributed by atoms with Gasteiger partial charge in [0.15, 0.2) is 0 Å². The van der Waals surface area contributed by atoms with Crippen LogP contribution in [0.2, 0.25) is 0 Å². The van der Waals surface area contributed by atoms with Gasteiger partial charge in [0.1, 0.15) is 0 Å². The molecule has 3 nitrogen and oxygen atoms in total. The molecule has 0 unspecified atom stereocenters. The molecular formula is C13H14F3NO2. The summed E-state index contributed by atoms with van der Waals surface area (Å²) < 4.78 is 42.7. The molecular weight excluding hydrogens is 259 g/mol. The van der Waals surface area contributed by atoms with Gasteiger partial charge in [-0.2, -0.15) is 13.2 Å². The van der Waals surface area contributed by atoms with Gasteiger partial charge >= 0.3 is 12.1 Å². The van der Waals surface area contributed by atoms with E-state index in [1.54, 1.807) is 14.0 Å². The zero-order valence-corrected chi connectivity index (χ0v) is 10.5. The number of ether oxygens (including phenoxy) is 1. The van der Waals surface area contributed by atoms with Gasteiger partial charge in [0.2, 0.25) is 0 Å². The first kappa shape index (κ1) is 15.1. The Morgan fingerprint density at radius 3 is 2.63 bits per heavy atom. The highest BCUT2D eigenvalue weighted by atomic mass is 19.4. The highest BCUT2D eigenvalue weighted by Gasteiger charge is 2.31. The van der Waals surface area contributed by atoms with Crippen molar-refractivity contribution in [3.63, 3.8) is 0 Å². The van der Waals surface area contributed by atoms with Crippen molar-refractivity contribution in [1.29, 1.82) is 0 Å². The predicted molar refractivity (Wildman–Crippen MR) is 65.1 cm³/mol. The van der Waals surface area contributed by atoms with Crippen LogP contribution in [0.3, 0.4) is 0 Å². The van der Waals surface area contributed by atoms with Crippen molar-refractivity contribution in [3.05, 3.63) is 41.6 Å². The molecule has 0 saturated heterocycles. The SMILES string of the molecule is CCOC(=O)/C(=C\NC)c1cccc(C(F)(F)F)c1. The van der Waals surface area contributed by atoms with Crippen molar-refractivity contribution in [1.82, 2.24) is 5.32 Å². The number of nitrogens with one attached hydrogen (secondary N) is 1. The molecule has 1 aromatic carbocycles. The lowest BCUT2D eigenvalue weighted by molar-refractivity contribution is -0.138. The molecule has 1 rings (SSSR count). The number of hydrogen-bond donors (Lipinski definition) is 1. The van der Waals surface area contributed by atoms with Crippen LogP contribution in [0.5, 0.6) is 0 Å². The van der Waals surface area contributed by atoms with E-state index in [1.807, 2.05) is 0 Å². The van der Waals surface area contributed by atoms with Gasteiger partial charge in [-0.05, 0) is 24.6 Å². The number of benzene rings is 1. The number of rotatable bonds is 4. The van der Waals surface area contributed by atoms with Crippen molar-refractivity contribution < 1.29 is 22.7 Å². The lowest BCUT2D eigenvalue weighted by Crippen LogP contribution is -2.11. The molecule has 0 saturated carbocycles. The van der Waals surface area contributed by atoms with Gasteiger partial charge < -0.3 is 10.1 Å². The van der Waals surface area contributed by atoms with Crippen molar-refractivity contribution in [2.24, 2.45) is 0 Å². The number of hydrogen-bond acceptors (Lipinski definition) is 3. The van der Waals surface area contributed by atoms with Crippen molar-refractivity contribution >= 4 is 11.5 Å². The summed E-state index contributed by atoms with van der Waals surface area (Å²) in [5.41, 5.74) is -0.602. The Balaban J connectivity index is 3.18. The van der Waals surface area contributed by atoms with E-state index in [2.05, 4.69) is 5.32 Å². The normalized spacial score (nSPS) is 12.2. The van der Waals surface area contributed by atoms with Crippen molar-refractivity contribution in [3.8, 4) is 0 Å². The van der Waals surface area contributed by atoms with Gasteiger partial charge in [0.25, 0.3) is 0 Å². The van der Waals surface area contributed by atoms with E-state index in [1.165, 1.54) is 18.3 Å². The Labute approximate surface area is 109 Å². The van der Waals surface area contributed by atoms with Gasteiger partial charge in [-0.3, -0.25) is 0 Å². The summed E-state index contributed by atoms with van der Waals surface area (Å²) in [6.45, 7) is 1.78. The van der Waals surface area contributed by atoms with Crippen LogP contribution < -0.4 is 5.32 Å². The third-order valence-electron chi connectivity index (χ3n) is 2.28. The second-order valence-corrected chi connectivity index (χ2v) is 3.65. The predicted octanol–water partition coefficient (Wildman–Crippen LogP) is 2.83. The molecule has 0 spiro atoms. The summed E-state index contributed by atoms with van der Waals surface area (Å²) in [4.78, 5) is 11.7. The Morgan fingerprint density at radius 1 is 1.42 bits per heavy atom.